The highest BCUT2D eigenvalue weighted by molar-refractivity contribution is 5.82. The first-order valence-electron chi connectivity index (χ1n) is 9.03. The Morgan fingerprint density at radius 2 is 2.17 bits per heavy atom. The van der Waals surface area contributed by atoms with E-state index in [9.17, 15) is 0 Å². The molecule has 0 radical (unpaired) electrons. The minimum absolute atomic E-state index is 0.310. The van der Waals surface area contributed by atoms with E-state index in [4.69, 9.17) is 4.74 Å². The van der Waals surface area contributed by atoms with E-state index in [0.717, 1.165) is 35.9 Å². The monoisotopic (exact) mass is 328 g/mol. The molecule has 2 heterocycles. The van der Waals surface area contributed by atoms with Crippen molar-refractivity contribution in [3.8, 4) is 0 Å². The number of rotatable bonds is 5. The minimum Gasteiger partial charge on any atom is -0.381 e. The van der Waals surface area contributed by atoms with Gasteiger partial charge in [0.1, 0.15) is 6.33 Å². The van der Waals surface area contributed by atoms with Crippen LogP contribution in [0.5, 0.6) is 0 Å². The maximum absolute atomic E-state index is 5.71. The van der Waals surface area contributed by atoms with Gasteiger partial charge in [0.05, 0.1) is 6.10 Å². The van der Waals surface area contributed by atoms with Gasteiger partial charge in [0, 0.05) is 32.2 Å². The van der Waals surface area contributed by atoms with E-state index < -0.39 is 0 Å². The highest BCUT2D eigenvalue weighted by atomic mass is 16.5. The van der Waals surface area contributed by atoms with Crippen LogP contribution in [0.15, 0.2) is 6.33 Å². The Balaban J connectivity index is 1.47. The lowest BCUT2D eigenvalue weighted by atomic mass is 9.50. The van der Waals surface area contributed by atoms with Crippen molar-refractivity contribution in [3.63, 3.8) is 0 Å². The van der Waals surface area contributed by atoms with Crippen LogP contribution in [-0.4, -0.2) is 51.3 Å². The fourth-order valence-electron chi connectivity index (χ4n) is 4.69. The Bertz CT molecular complexity index is 766. The lowest BCUT2D eigenvalue weighted by Crippen LogP contribution is -2.67. The van der Waals surface area contributed by atoms with Crippen LogP contribution in [0.3, 0.4) is 0 Å². The maximum atomic E-state index is 5.71. The minimum atomic E-state index is 0.310. The first kappa shape index (κ1) is 14.6. The quantitative estimate of drug-likeness (QED) is 0.836. The van der Waals surface area contributed by atoms with E-state index >= 15 is 0 Å². The molecule has 7 heteroatoms. The third kappa shape index (κ3) is 1.93. The van der Waals surface area contributed by atoms with Gasteiger partial charge in [-0.15, -0.1) is 5.10 Å². The van der Waals surface area contributed by atoms with Gasteiger partial charge in [-0.05, 0) is 38.0 Å². The second-order valence-electron chi connectivity index (χ2n) is 7.76. The van der Waals surface area contributed by atoms with Crippen molar-refractivity contribution in [1.82, 2.24) is 25.0 Å². The van der Waals surface area contributed by atoms with Gasteiger partial charge in [0.2, 0.25) is 0 Å². The zero-order valence-corrected chi connectivity index (χ0v) is 14.4. The summed E-state index contributed by atoms with van der Waals surface area (Å²) in [7, 11) is 3.98. The van der Waals surface area contributed by atoms with Crippen LogP contribution >= 0.6 is 0 Å². The number of methoxy groups -OCH3 is 1. The molecule has 3 fully saturated rings. The molecular formula is C17H24N6O. The van der Waals surface area contributed by atoms with Crippen LogP contribution < -0.4 is 4.90 Å². The number of anilines is 1. The Kier molecular flexibility index (Phi) is 3.11. The lowest BCUT2D eigenvalue weighted by Gasteiger charge is -2.63. The normalized spacial score (nSPS) is 27.9. The Hall–Kier alpha value is -1.76. The fourth-order valence-corrected chi connectivity index (χ4v) is 4.69. The number of nitrogens with zero attached hydrogens (tertiary/aromatic N) is 6. The molecule has 0 aliphatic heterocycles. The van der Waals surface area contributed by atoms with Crippen LogP contribution in [0.25, 0.3) is 11.2 Å². The molecule has 2 unspecified atom stereocenters. The van der Waals surface area contributed by atoms with Gasteiger partial charge in [-0.1, -0.05) is 11.6 Å². The van der Waals surface area contributed by atoms with Gasteiger partial charge in [-0.25, -0.2) is 14.6 Å². The third-order valence-corrected chi connectivity index (χ3v) is 6.52. The van der Waals surface area contributed by atoms with Gasteiger partial charge in [-0.2, -0.15) is 0 Å². The maximum Gasteiger partial charge on any atom is 0.183 e. The van der Waals surface area contributed by atoms with Crippen molar-refractivity contribution in [3.05, 3.63) is 6.33 Å². The number of aromatic nitrogens is 5. The molecule has 1 spiro atoms. The summed E-state index contributed by atoms with van der Waals surface area (Å²) < 4.78 is 7.66. The SMILES string of the molecule is COC1CC(N(C)c2ncnc3c2nnn3CC2CC2)C12CCC2. The predicted molar refractivity (Wildman–Crippen MR) is 89.7 cm³/mol. The highest BCUT2D eigenvalue weighted by Gasteiger charge is 2.60. The highest BCUT2D eigenvalue weighted by Crippen LogP contribution is 2.59. The van der Waals surface area contributed by atoms with E-state index in [1.807, 2.05) is 11.8 Å². The average molecular weight is 328 g/mol. The van der Waals surface area contributed by atoms with E-state index in [1.54, 1.807) is 6.33 Å². The molecule has 128 valence electrons. The number of fused-ring (bicyclic) bond motifs is 1. The molecule has 2 aromatic heterocycles. The lowest BCUT2D eigenvalue weighted by molar-refractivity contribution is -0.152. The van der Waals surface area contributed by atoms with Crippen LogP contribution in [0.2, 0.25) is 0 Å². The van der Waals surface area contributed by atoms with E-state index in [2.05, 4.69) is 32.2 Å². The standard InChI is InChI=1S/C17H24N6O/c1-22(12-8-13(24-2)17(12)6-3-7-17)15-14-16(19-10-18-15)23(21-20-14)9-11-4-5-11/h10-13H,3-9H2,1-2H3. The summed E-state index contributed by atoms with van der Waals surface area (Å²) in [5.41, 5.74) is 2.00. The molecule has 2 atom stereocenters. The summed E-state index contributed by atoms with van der Waals surface area (Å²) in [5.74, 6) is 1.66. The van der Waals surface area contributed by atoms with Crippen molar-refractivity contribution < 1.29 is 4.74 Å². The number of hydrogen-bond acceptors (Lipinski definition) is 6. The van der Waals surface area contributed by atoms with Crippen molar-refractivity contribution in [1.29, 1.82) is 0 Å². The molecule has 3 aliphatic rings. The Labute approximate surface area is 141 Å². The molecule has 24 heavy (non-hydrogen) atoms. The van der Waals surface area contributed by atoms with Gasteiger partial charge in [0.15, 0.2) is 17.0 Å². The van der Waals surface area contributed by atoms with Crippen molar-refractivity contribution in [2.24, 2.45) is 11.3 Å². The molecule has 0 aromatic carbocycles. The summed E-state index contributed by atoms with van der Waals surface area (Å²) in [6.07, 6.45) is 9.51. The van der Waals surface area contributed by atoms with E-state index in [1.165, 1.54) is 32.1 Å². The fraction of sp³-hybridized carbons (Fsp3) is 0.765. The molecule has 0 saturated heterocycles. The van der Waals surface area contributed by atoms with Crippen LogP contribution in [0.4, 0.5) is 5.82 Å². The van der Waals surface area contributed by atoms with E-state index in [-0.39, 0.29) is 0 Å². The molecule has 7 nitrogen and oxygen atoms in total. The molecule has 3 saturated carbocycles. The summed E-state index contributed by atoms with van der Waals surface area (Å²) in [4.78, 5) is 11.3. The zero-order valence-electron chi connectivity index (χ0n) is 14.4. The second-order valence-corrected chi connectivity index (χ2v) is 7.76. The van der Waals surface area contributed by atoms with Gasteiger partial charge in [0.25, 0.3) is 0 Å². The summed E-state index contributed by atoms with van der Waals surface area (Å²) >= 11 is 0. The Morgan fingerprint density at radius 3 is 2.83 bits per heavy atom. The van der Waals surface area contributed by atoms with Crippen LogP contribution in [-0.2, 0) is 11.3 Å². The first-order valence-corrected chi connectivity index (χ1v) is 9.03. The summed E-state index contributed by atoms with van der Waals surface area (Å²) in [5, 5.41) is 8.74. The molecule has 3 aliphatic carbocycles. The Morgan fingerprint density at radius 1 is 1.33 bits per heavy atom. The molecule has 0 N–H and O–H groups in total. The smallest absolute Gasteiger partial charge is 0.183 e. The number of ether oxygens (including phenoxy) is 1. The average Bonchev–Trinajstić information content (AvgIpc) is 3.24. The predicted octanol–water partition coefficient (Wildman–Crippen LogP) is 2.03. The van der Waals surface area contributed by atoms with Gasteiger partial charge in [-0.3, -0.25) is 0 Å². The molecule has 0 bridgehead atoms. The zero-order chi connectivity index (χ0) is 16.3. The van der Waals surface area contributed by atoms with Crippen LogP contribution in [0.1, 0.15) is 38.5 Å². The topological polar surface area (TPSA) is 69.0 Å². The van der Waals surface area contributed by atoms with Crippen molar-refractivity contribution in [2.45, 2.75) is 57.2 Å². The van der Waals surface area contributed by atoms with E-state index in [0.29, 0.717) is 17.6 Å². The van der Waals surface area contributed by atoms with Gasteiger partial charge >= 0.3 is 0 Å². The molecule has 5 rings (SSSR count). The van der Waals surface area contributed by atoms with Crippen molar-refractivity contribution in [2.75, 3.05) is 19.1 Å². The molecular weight excluding hydrogens is 304 g/mol. The van der Waals surface area contributed by atoms with Gasteiger partial charge < -0.3 is 9.64 Å². The van der Waals surface area contributed by atoms with Crippen LogP contribution in [0, 0.1) is 11.3 Å². The number of hydrogen-bond donors (Lipinski definition) is 0. The first-order chi connectivity index (χ1) is 11.7. The molecule has 2 aromatic rings. The summed E-state index contributed by atoms with van der Waals surface area (Å²) in [6.45, 7) is 0.926. The third-order valence-electron chi connectivity index (χ3n) is 6.52. The molecule has 0 amide bonds. The largest absolute Gasteiger partial charge is 0.381 e. The van der Waals surface area contributed by atoms with Crippen molar-refractivity contribution >= 4 is 17.0 Å². The second kappa shape index (κ2) is 5.12. The summed E-state index contributed by atoms with van der Waals surface area (Å²) in [6, 6.07) is 0.475.